The number of hydrogen-bond donors (Lipinski definition) is 1. The van der Waals surface area contributed by atoms with Gasteiger partial charge in [-0.15, -0.1) is 11.6 Å². The largest absolute Gasteiger partial charge is 0.368 e. The normalized spacial score (nSPS) is 12.1. The summed E-state index contributed by atoms with van der Waals surface area (Å²) in [5.74, 6) is -0.517. The van der Waals surface area contributed by atoms with Gasteiger partial charge in [0.1, 0.15) is 5.38 Å². The Kier molecular flexibility index (Phi) is 4.00. The highest BCUT2D eigenvalue weighted by Gasteiger charge is 2.17. The lowest BCUT2D eigenvalue weighted by atomic mass is 9.97. The number of amides is 1. The molecular formula is C15H14ClNO. The average molecular weight is 260 g/mol. The van der Waals surface area contributed by atoms with Gasteiger partial charge in [-0.2, -0.15) is 0 Å². The van der Waals surface area contributed by atoms with E-state index in [-0.39, 0.29) is 0 Å². The molecule has 92 valence electrons. The Labute approximate surface area is 111 Å². The smallest absolute Gasteiger partial charge is 0.240 e. The number of primary amides is 1. The van der Waals surface area contributed by atoms with E-state index in [1.54, 1.807) is 0 Å². The molecule has 2 aromatic carbocycles. The molecule has 0 saturated carbocycles. The highest BCUT2D eigenvalue weighted by atomic mass is 35.5. The maximum atomic E-state index is 11.2. The molecule has 0 bridgehead atoms. The maximum absolute atomic E-state index is 11.2. The first-order chi connectivity index (χ1) is 8.68. The maximum Gasteiger partial charge on any atom is 0.240 e. The molecule has 0 aliphatic heterocycles. The molecule has 18 heavy (non-hydrogen) atoms. The minimum atomic E-state index is -0.773. The van der Waals surface area contributed by atoms with Crippen molar-refractivity contribution in [2.75, 3.05) is 0 Å². The third-order valence-electron chi connectivity index (χ3n) is 2.82. The Morgan fingerprint density at radius 1 is 1.06 bits per heavy atom. The van der Waals surface area contributed by atoms with E-state index < -0.39 is 11.3 Å². The van der Waals surface area contributed by atoms with Gasteiger partial charge in [0, 0.05) is 0 Å². The minimum Gasteiger partial charge on any atom is -0.368 e. The van der Waals surface area contributed by atoms with Crippen molar-refractivity contribution in [3.05, 3.63) is 71.3 Å². The van der Waals surface area contributed by atoms with Gasteiger partial charge < -0.3 is 5.73 Å². The highest BCUT2D eigenvalue weighted by Crippen LogP contribution is 2.25. The molecule has 2 aromatic rings. The van der Waals surface area contributed by atoms with Gasteiger partial charge in [0.2, 0.25) is 5.91 Å². The van der Waals surface area contributed by atoms with E-state index in [4.69, 9.17) is 17.3 Å². The lowest BCUT2D eigenvalue weighted by Gasteiger charge is -2.12. The van der Waals surface area contributed by atoms with Crippen molar-refractivity contribution in [1.82, 2.24) is 0 Å². The Hall–Kier alpha value is -1.80. The molecule has 2 nitrogen and oxygen atoms in total. The standard InChI is InChI=1S/C15H14ClNO/c16-14(15(17)18)13-9-5-4-8-12(13)10-11-6-2-1-3-7-11/h1-9,14H,10H2,(H2,17,18). The molecular weight excluding hydrogens is 246 g/mol. The zero-order chi connectivity index (χ0) is 13.0. The van der Waals surface area contributed by atoms with E-state index in [1.807, 2.05) is 54.6 Å². The summed E-state index contributed by atoms with van der Waals surface area (Å²) in [5, 5.41) is -0.773. The quantitative estimate of drug-likeness (QED) is 0.843. The lowest BCUT2D eigenvalue weighted by Crippen LogP contribution is -2.18. The van der Waals surface area contributed by atoms with E-state index in [0.717, 1.165) is 17.5 Å². The fraction of sp³-hybridized carbons (Fsp3) is 0.133. The molecule has 3 heteroatoms. The third kappa shape index (κ3) is 2.90. The van der Waals surface area contributed by atoms with E-state index in [9.17, 15) is 4.79 Å². The van der Waals surface area contributed by atoms with Gasteiger partial charge in [0.15, 0.2) is 0 Å². The summed E-state index contributed by atoms with van der Waals surface area (Å²) in [5.41, 5.74) is 8.26. The molecule has 0 radical (unpaired) electrons. The van der Waals surface area contributed by atoms with Crippen LogP contribution in [0, 0.1) is 0 Å². The van der Waals surface area contributed by atoms with Crippen LogP contribution in [0.1, 0.15) is 22.1 Å². The second-order valence-corrected chi connectivity index (χ2v) is 4.56. The molecule has 1 unspecified atom stereocenters. The first kappa shape index (κ1) is 12.7. The van der Waals surface area contributed by atoms with Gasteiger partial charge in [-0.05, 0) is 23.1 Å². The van der Waals surface area contributed by atoms with E-state index in [0.29, 0.717) is 0 Å². The van der Waals surface area contributed by atoms with Crippen molar-refractivity contribution in [1.29, 1.82) is 0 Å². The molecule has 0 aliphatic carbocycles. The molecule has 0 aromatic heterocycles. The average Bonchev–Trinajstić information content (AvgIpc) is 2.39. The van der Waals surface area contributed by atoms with Crippen molar-refractivity contribution in [2.45, 2.75) is 11.8 Å². The number of carbonyl (C=O) groups excluding carboxylic acids is 1. The number of rotatable bonds is 4. The van der Waals surface area contributed by atoms with E-state index >= 15 is 0 Å². The van der Waals surface area contributed by atoms with Crippen LogP contribution in [0.2, 0.25) is 0 Å². The van der Waals surface area contributed by atoms with Crippen LogP contribution in [-0.2, 0) is 11.2 Å². The lowest BCUT2D eigenvalue weighted by molar-refractivity contribution is -0.117. The molecule has 0 aliphatic rings. The SMILES string of the molecule is NC(=O)C(Cl)c1ccccc1Cc1ccccc1. The summed E-state index contributed by atoms with van der Waals surface area (Å²) in [6.45, 7) is 0. The molecule has 2 N–H and O–H groups in total. The number of alkyl halides is 1. The summed E-state index contributed by atoms with van der Waals surface area (Å²) >= 11 is 6.04. The van der Waals surface area contributed by atoms with Crippen molar-refractivity contribution in [3.8, 4) is 0 Å². The first-order valence-corrected chi connectivity index (χ1v) is 6.17. The Morgan fingerprint density at radius 2 is 1.67 bits per heavy atom. The van der Waals surface area contributed by atoms with E-state index in [2.05, 4.69) is 0 Å². The number of hydrogen-bond acceptors (Lipinski definition) is 1. The van der Waals surface area contributed by atoms with Gasteiger partial charge in [-0.3, -0.25) is 4.79 Å². The number of halogens is 1. The van der Waals surface area contributed by atoms with Crippen LogP contribution in [0.25, 0.3) is 0 Å². The molecule has 2 rings (SSSR count). The molecule has 0 fully saturated rings. The van der Waals surface area contributed by atoms with Gasteiger partial charge >= 0.3 is 0 Å². The molecule has 0 saturated heterocycles. The zero-order valence-corrected chi connectivity index (χ0v) is 10.6. The highest BCUT2D eigenvalue weighted by molar-refractivity contribution is 6.30. The first-order valence-electron chi connectivity index (χ1n) is 5.73. The summed E-state index contributed by atoms with van der Waals surface area (Å²) in [6.07, 6.45) is 0.744. The van der Waals surface area contributed by atoms with Gasteiger partial charge in [0.25, 0.3) is 0 Å². The zero-order valence-electron chi connectivity index (χ0n) is 9.84. The van der Waals surface area contributed by atoms with Crippen LogP contribution in [0.3, 0.4) is 0 Å². The number of nitrogens with two attached hydrogens (primary N) is 1. The predicted molar refractivity (Wildman–Crippen MR) is 73.5 cm³/mol. The Balaban J connectivity index is 2.31. The van der Waals surface area contributed by atoms with Crippen LogP contribution in [0.15, 0.2) is 54.6 Å². The van der Waals surface area contributed by atoms with Gasteiger partial charge in [-0.1, -0.05) is 54.6 Å². The number of carbonyl (C=O) groups is 1. The van der Waals surface area contributed by atoms with Crippen molar-refractivity contribution < 1.29 is 4.79 Å². The monoisotopic (exact) mass is 259 g/mol. The second-order valence-electron chi connectivity index (χ2n) is 4.13. The Morgan fingerprint density at radius 3 is 2.33 bits per heavy atom. The number of benzene rings is 2. The fourth-order valence-electron chi connectivity index (χ4n) is 1.91. The minimum absolute atomic E-state index is 0.517. The Bertz CT molecular complexity index is 539. The van der Waals surface area contributed by atoms with Crippen LogP contribution in [0.5, 0.6) is 0 Å². The van der Waals surface area contributed by atoms with Crippen molar-refractivity contribution in [3.63, 3.8) is 0 Å². The summed E-state index contributed by atoms with van der Waals surface area (Å²) in [6, 6.07) is 17.7. The molecule has 0 heterocycles. The third-order valence-corrected chi connectivity index (χ3v) is 3.27. The van der Waals surface area contributed by atoms with E-state index in [1.165, 1.54) is 5.56 Å². The van der Waals surface area contributed by atoms with Crippen LogP contribution < -0.4 is 5.73 Å². The molecule has 1 atom stereocenters. The van der Waals surface area contributed by atoms with Crippen LogP contribution >= 0.6 is 11.6 Å². The van der Waals surface area contributed by atoms with Crippen LogP contribution in [0.4, 0.5) is 0 Å². The summed E-state index contributed by atoms with van der Waals surface area (Å²) < 4.78 is 0. The van der Waals surface area contributed by atoms with Crippen LogP contribution in [-0.4, -0.2) is 5.91 Å². The van der Waals surface area contributed by atoms with Crippen molar-refractivity contribution in [2.24, 2.45) is 5.73 Å². The topological polar surface area (TPSA) is 43.1 Å². The molecule has 1 amide bonds. The predicted octanol–water partition coefficient (Wildman–Crippen LogP) is 3.04. The summed E-state index contributed by atoms with van der Waals surface area (Å²) in [7, 11) is 0. The molecule has 0 spiro atoms. The summed E-state index contributed by atoms with van der Waals surface area (Å²) in [4.78, 5) is 11.2. The second kappa shape index (κ2) is 5.69. The fourth-order valence-corrected chi connectivity index (χ4v) is 2.12. The van der Waals surface area contributed by atoms with Crippen molar-refractivity contribution >= 4 is 17.5 Å². The van der Waals surface area contributed by atoms with Gasteiger partial charge in [0.05, 0.1) is 0 Å². The van der Waals surface area contributed by atoms with Gasteiger partial charge in [-0.25, -0.2) is 0 Å².